The minimum Gasteiger partial charge on any atom is -0.389 e. The van der Waals surface area contributed by atoms with Crippen LogP contribution in [0.1, 0.15) is 19.0 Å². The van der Waals surface area contributed by atoms with Gasteiger partial charge in [0.15, 0.2) is 0 Å². The van der Waals surface area contributed by atoms with Gasteiger partial charge in [0, 0.05) is 38.6 Å². The van der Waals surface area contributed by atoms with E-state index in [4.69, 9.17) is 0 Å². The molecule has 1 aromatic heterocycles. The highest BCUT2D eigenvalue weighted by atomic mass is 16.3. The first-order chi connectivity index (χ1) is 7.59. The Labute approximate surface area is 96.3 Å². The van der Waals surface area contributed by atoms with E-state index >= 15 is 0 Å². The molecule has 0 bridgehead atoms. The van der Waals surface area contributed by atoms with E-state index < -0.39 is 5.60 Å². The van der Waals surface area contributed by atoms with Gasteiger partial charge in [0.05, 0.1) is 11.3 Å². The molecule has 0 radical (unpaired) electrons. The predicted molar refractivity (Wildman–Crippen MR) is 64.3 cm³/mol. The van der Waals surface area contributed by atoms with Crippen LogP contribution in [0, 0.1) is 0 Å². The molecule has 0 amide bonds. The maximum Gasteiger partial charge on any atom is 0.0758 e. The Morgan fingerprint density at radius 3 is 3.06 bits per heavy atom. The number of aromatic nitrogens is 1. The quantitative estimate of drug-likeness (QED) is 0.802. The van der Waals surface area contributed by atoms with Gasteiger partial charge in [0.1, 0.15) is 0 Å². The Morgan fingerprint density at radius 2 is 2.44 bits per heavy atom. The Morgan fingerprint density at radius 1 is 1.62 bits per heavy atom. The molecular weight excluding hydrogens is 202 g/mol. The summed E-state index contributed by atoms with van der Waals surface area (Å²) >= 11 is 0. The number of rotatable bonds is 3. The standard InChI is InChI=1S/C12H19N3O/c1-12(16)4-6-15(9-12)8-11-7-10(13-2)3-5-14-11/h3,5,7,16H,4,6,8-9H2,1-2H3,(H,13,14). The fourth-order valence-electron chi connectivity index (χ4n) is 2.12. The molecule has 0 aliphatic carbocycles. The minimum atomic E-state index is -0.527. The van der Waals surface area contributed by atoms with Gasteiger partial charge >= 0.3 is 0 Å². The van der Waals surface area contributed by atoms with Crippen LogP contribution in [-0.2, 0) is 6.54 Å². The van der Waals surface area contributed by atoms with Crippen molar-refractivity contribution in [1.29, 1.82) is 0 Å². The van der Waals surface area contributed by atoms with Gasteiger partial charge in [-0.1, -0.05) is 0 Å². The molecule has 1 aromatic rings. The molecule has 2 heterocycles. The second-order valence-corrected chi connectivity index (χ2v) is 4.74. The molecule has 0 aromatic carbocycles. The number of nitrogens with one attached hydrogen (secondary N) is 1. The molecule has 4 nitrogen and oxygen atoms in total. The first kappa shape index (κ1) is 11.4. The van der Waals surface area contributed by atoms with Gasteiger partial charge in [0.25, 0.3) is 0 Å². The third-order valence-electron chi connectivity index (χ3n) is 3.02. The lowest BCUT2D eigenvalue weighted by atomic mass is 10.1. The predicted octanol–water partition coefficient (Wildman–Crippen LogP) is 1.08. The summed E-state index contributed by atoms with van der Waals surface area (Å²) < 4.78 is 0. The van der Waals surface area contributed by atoms with Gasteiger partial charge in [-0.15, -0.1) is 0 Å². The number of hydrogen-bond donors (Lipinski definition) is 2. The van der Waals surface area contributed by atoms with E-state index in [0.29, 0.717) is 0 Å². The lowest BCUT2D eigenvalue weighted by Crippen LogP contribution is -2.29. The molecule has 1 unspecified atom stereocenters. The van der Waals surface area contributed by atoms with Crippen LogP contribution in [0.4, 0.5) is 5.69 Å². The van der Waals surface area contributed by atoms with Gasteiger partial charge < -0.3 is 10.4 Å². The topological polar surface area (TPSA) is 48.4 Å². The van der Waals surface area contributed by atoms with Crippen molar-refractivity contribution in [1.82, 2.24) is 9.88 Å². The molecular formula is C12H19N3O. The molecule has 1 saturated heterocycles. The van der Waals surface area contributed by atoms with Crippen LogP contribution in [0.5, 0.6) is 0 Å². The molecule has 2 N–H and O–H groups in total. The number of aliphatic hydroxyl groups is 1. The highest BCUT2D eigenvalue weighted by Crippen LogP contribution is 2.21. The fraction of sp³-hybridized carbons (Fsp3) is 0.583. The Kier molecular flexibility index (Phi) is 3.12. The van der Waals surface area contributed by atoms with E-state index in [2.05, 4.69) is 15.2 Å². The molecule has 2 rings (SSSR count). The van der Waals surface area contributed by atoms with Gasteiger partial charge in [-0.05, 0) is 25.5 Å². The molecule has 0 spiro atoms. The van der Waals surface area contributed by atoms with Crippen LogP contribution >= 0.6 is 0 Å². The van der Waals surface area contributed by atoms with Crippen molar-refractivity contribution in [2.75, 3.05) is 25.5 Å². The summed E-state index contributed by atoms with van der Waals surface area (Å²) in [7, 11) is 1.90. The smallest absolute Gasteiger partial charge is 0.0758 e. The summed E-state index contributed by atoms with van der Waals surface area (Å²) in [5.41, 5.74) is 1.60. The van der Waals surface area contributed by atoms with Gasteiger partial charge in [-0.3, -0.25) is 9.88 Å². The monoisotopic (exact) mass is 221 g/mol. The second kappa shape index (κ2) is 4.39. The van der Waals surface area contributed by atoms with Gasteiger partial charge in [-0.2, -0.15) is 0 Å². The Hall–Kier alpha value is -1.13. The zero-order valence-electron chi connectivity index (χ0n) is 9.90. The molecule has 0 saturated carbocycles. The first-order valence-corrected chi connectivity index (χ1v) is 5.66. The summed E-state index contributed by atoms with van der Waals surface area (Å²) in [6, 6.07) is 4.00. The van der Waals surface area contributed by atoms with Crippen molar-refractivity contribution in [3.63, 3.8) is 0 Å². The lowest BCUT2D eigenvalue weighted by Gasteiger charge is -2.18. The molecule has 1 aliphatic heterocycles. The van der Waals surface area contributed by atoms with Crippen molar-refractivity contribution >= 4 is 5.69 Å². The van der Waals surface area contributed by atoms with Crippen molar-refractivity contribution in [3.8, 4) is 0 Å². The lowest BCUT2D eigenvalue weighted by molar-refractivity contribution is 0.0677. The summed E-state index contributed by atoms with van der Waals surface area (Å²) in [6.45, 7) is 4.38. The van der Waals surface area contributed by atoms with Crippen molar-refractivity contribution in [2.24, 2.45) is 0 Å². The van der Waals surface area contributed by atoms with Crippen LogP contribution in [0.15, 0.2) is 18.3 Å². The summed E-state index contributed by atoms with van der Waals surface area (Å²) in [5.74, 6) is 0. The second-order valence-electron chi connectivity index (χ2n) is 4.74. The SMILES string of the molecule is CNc1ccnc(CN2CCC(C)(O)C2)c1. The third kappa shape index (κ3) is 2.71. The molecule has 16 heavy (non-hydrogen) atoms. The van der Waals surface area contributed by atoms with E-state index in [1.54, 1.807) is 0 Å². The van der Waals surface area contributed by atoms with Crippen LogP contribution in [0.2, 0.25) is 0 Å². The average molecular weight is 221 g/mol. The zero-order chi connectivity index (χ0) is 11.6. The van der Waals surface area contributed by atoms with Crippen LogP contribution in [0.3, 0.4) is 0 Å². The van der Waals surface area contributed by atoms with Crippen LogP contribution in [-0.4, -0.2) is 40.7 Å². The van der Waals surface area contributed by atoms with Crippen molar-refractivity contribution in [3.05, 3.63) is 24.0 Å². The number of hydrogen-bond acceptors (Lipinski definition) is 4. The van der Waals surface area contributed by atoms with Crippen molar-refractivity contribution in [2.45, 2.75) is 25.5 Å². The Balaban J connectivity index is 1.99. The van der Waals surface area contributed by atoms with Crippen molar-refractivity contribution < 1.29 is 5.11 Å². The van der Waals surface area contributed by atoms with Gasteiger partial charge in [-0.25, -0.2) is 0 Å². The largest absolute Gasteiger partial charge is 0.389 e. The summed E-state index contributed by atoms with van der Waals surface area (Å²) in [5, 5.41) is 13.0. The molecule has 4 heteroatoms. The average Bonchev–Trinajstić information content (AvgIpc) is 2.58. The highest BCUT2D eigenvalue weighted by Gasteiger charge is 2.31. The summed E-state index contributed by atoms with van der Waals surface area (Å²) in [4.78, 5) is 6.57. The van der Waals surface area contributed by atoms with E-state index in [9.17, 15) is 5.11 Å². The minimum absolute atomic E-state index is 0.527. The number of pyridine rings is 1. The molecule has 1 atom stereocenters. The number of nitrogens with zero attached hydrogens (tertiary/aromatic N) is 2. The zero-order valence-corrected chi connectivity index (χ0v) is 9.90. The van der Waals surface area contributed by atoms with E-state index in [-0.39, 0.29) is 0 Å². The number of β-amino-alcohol motifs (C(OH)–C–C–N with tert-alkyl or cyclic N) is 1. The fourth-order valence-corrected chi connectivity index (χ4v) is 2.12. The summed E-state index contributed by atoms with van der Waals surface area (Å²) in [6.07, 6.45) is 2.66. The Bertz CT molecular complexity index is 365. The number of likely N-dealkylation sites (tertiary alicyclic amines) is 1. The van der Waals surface area contributed by atoms with E-state index in [0.717, 1.165) is 37.4 Å². The molecule has 1 aliphatic rings. The normalized spacial score (nSPS) is 25.9. The molecule has 88 valence electrons. The molecule has 1 fully saturated rings. The van der Waals surface area contributed by atoms with Crippen LogP contribution in [0.25, 0.3) is 0 Å². The highest BCUT2D eigenvalue weighted by molar-refractivity contribution is 5.42. The van der Waals surface area contributed by atoms with Crippen LogP contribution < -0.4 is 5.32 Å². The maximum atomic E-state index is 9.87. The van der Waals surface area contributed by atoms with Gasteiger partial charge in [0.2, 0.25) is 0 Å². The number of anilines is 1. The first-order valence-electron chi connectivity index (χ1n) is 5.66. The third-order valence-corrected chi connectivity index (χ3v) is 3.02. The van der Waals surface area contributed by atoms with E-state index in [1.165, 1.54) is 0 Å². The maximum absolute atomic E-state index is 9.87. The van der Waals surface area contributed by atoms with E-state index in [1.807, 2.05) is 32.3 Å².